The zero-order valence-corrected chi connectivity index (χ0v) is 23.6. The average molecular weight is 570 g/mol. The maximum atomic E-state index is 12.6. The zero-order valence-electron chi connectivity index (χ0n) is 22.0. The van der Waals surface area contributed by atoms with Crippen molar-refractivity contribution in [1.82, 2.24) is 9.62 Å². The number of nitrogens with one attached hydrogen (secondary N) is 2. The lowest BCUT2D eigenvalue weighted by Gasteiger charge is -2.31. The summed E-state index contributed by atoms with van der Waals surface area (Å²) in [5, 5.41) is 17.0. The van der Waals surface area contributed by atoms with E-state index in [1.165, 1.54) is 6.07 Å². The van der Waals surface area contributed by atoms with Crippen LogP contribution in [0, 0.1) is 18.3 Å². The van der Waals surface area contributed by atoms with Gasteiger partial charge in [-0.3, -0.25) is 10.2 Å². The van der Waals surface area contributed by atoms with Gasteiger partial charge in [-0.1, -0.05) is 47.5 Å². The Morgan fingerprint density at radius 3 is 2.46 bits per heavy atom. The van der Waals surface area contributed by atoms with E-state index in [0.717, 1.165) is 54.6 Å². The minimum Gasteiger partial charge on any atom is -0.508 e. The first-order valence-corrected chi connectivity index (χ1v) is 14.3. The first-order chi connectivity index (χ1) is 18.7. The zero-order chi connectivity index (χ0) is 28.4. The molecule has 0 saturated carbocycles. The quantitative estimate of drug-likeness (QED) is 0.204. The van der Waals surface area contributed by atoms with Crippen LogP contribution in [-0.4, -0.2) is 52.1 Å². The SMILES string of the molecule is Cc1cccc(C(=N)N)c1.NCCC1CCN(C(=O)CNS(=O)c2cccc(-c3ccc(O)cc3Cl)c2)CC1. The summed E-state index contributed by atoms with van der Waals surface area (Å²) in [4.78, 5) is 14.8. The number of carbonyl (C=O) groups is 1. The molecule has 0 bridgehead atoms. The van der Waals surface area contributed by atoms with E-state index in [9.17, 15) is 14.1 Å². The summed E-state index contributed by atoms with van der Waals surface area (Å²) in [6.07, 6.45) is 2.95. The lowest BCUT2D eigenvalue weighted by atomic mass is 9.93. The number of nitrogens with two attached hydrogens (primary N) is 2. The van der Waals surface area contributed by atoms with E-state index in [0.29, 0.717) is 22.4 Å². The highest BCUT2D eigenvalue weighted by Crippen LogP contribution is 2.31. The number of amidine groups is 1. The van der Waals surface area contributed by atoms with Gasteiger partial charge in [0.1, 0.15) is 22.6 Å². The van der Waals surface area contributed by atoms with Crippen LogP contribution in [0.15, 0.2) is 71.6 Å². The molecule has 39 heavy (non-hydrogen) atoms. The van der Waals surface area contributed by atoms with Crippen molar-refractivity contribution in [3.05, 3.63) is 82.9 Å². The Morgan fingerprint density at radius 2 is 1.85 bits per heavy atom. The van der Waals surface area contributed by atoms with Crippen molar-refractivity contribution >= 4 is 34.3 Å². The highest BCUT2D eigenvalue weighted by molar-refractivity contribution is 7.83. The van der Waals surface area contributed by atoms with Gasteiger partial charge in [-0.05, 0) is 80.6 Å². The number of hydrogen-bond acceptors (Lipinski definition) is 5. The molecule has 3 aromatic carbocycles. The Labute approximate surface area is 237 Å². The van der Waals surface area contributed by atoms with Gasteiger partial charge in [0.05, 0.1) is 16.5 Å². The number of likely N-dealkylation sites (tertiary alicyclic amines) is 1. The number of carbonyl (C=O) groups excluding carboxylic acids is 1. The predicted octanol–water partition coefficient (Wildman–Crippen LogP) is 4.19. The lowest BCUT2D eigenvalue weighted by molar-refractivity contribution is -0.131. The Balaban J connectivity index is 0.000000353. The summed E-state index contributed by atoms with van der Waals surface area (Å²) in [6.45, 7) is 4.15. The summed E-state index contributed by atoms with van der Waals surface area (Å²) >= 11 is 6.21. The molecule has 0 spiro atoms. The molecule has 1 heterocycles. The third kappa shape index (κ3) is 9.18. The number of benzene rings is 3. The van der Waals surface area contributed by atoms with E-state index in [1.54, 1.807) is 30.3 Å². The number of phenolic OH excluding ortho intramolecular Hbond substituents is 1. The molecule has 1 unspecified atom stereocenters. The highest BCUT2D eigenvalue weighted by Gasteiger charge is 2.22. The summed E-state index contributed by atoms with van der Waals surface area (Å²) in [5.41, 5.74) is 14.3. The molecule has 1 saturated heterocycles. The Morgan fingerprint density at radius 1 is 1.13 bits per heavy atom. The minimum atomic E-state index is -1.52. The molecule has 1 amide bonds. The summed E-state index contributed by atoms with van der Waals surface area (Å²) in [6, 6.07) is 19.5. The minimum absolute atomic E-state index is 0.0262. The van der Waals surface area contributed by atoms with Crippen LogP contribution in [0.4, 0.5) is 0 Å². The number of aromatic hydroxyl groups is 1. The standard InChI is InChI=1S/C21H26ClN3O3S.C8H10N2/c22-20-13-17(26)4-5-19(20)16-2-1-3-18(12-16)29(28)24-14-21(27)25-10-7-15(6-9-23)8-11-25;1-6-3-2-4-7(5-6)8(9)10/h1-5,12-13,15,24,26H,6-11,14,23H2;2-5H,1H3,(H3,9,10). The third-order valence-electron chi connectivity index (χ3n) is 6.54. The van der Waals surface area contributed by atoms with Crippen LogP contribution >= 0.6 is 11.6 Å². The van der Waals surface area contributed by atoms with Crippen LogP contribution in [0.3, 0.4) is 0 Å². The van der Waals surface area contributed by atoms with Crippen LogP contribution in [0.5, 0.6) is 5.75 Å². The molecule has 208 valence electrons. The molecule has 0 radical (unpaired) electrons. The second kappa shape index (κ2) is 14.8. The molecule has 1 aliphatic rings. The van der Waals surface area contributed by atoms with E-state index in [2.05, 4.69) is 4.72 Å². The molecular formula is C29H36ClN5O3S. The van der Waals surface area contributed by atoms with Crippen molar-refractivity contribution in [3.8, 4) is 16.9 Å². The Bertz CT molecular complexity index is 1310. The van der Waals surface area contributed by atoms with Gasteiger partial charge in [-0.2, -0.15) is 0 Å². The number of aryl methyl sites for hydroxylation is 1. The number of halogens is 1. The number of phenols is 1. The van der Waals surface area contributed by atoms with E-state index in [4.69, 9.17) is 28.5 Å². The third-order valence-corrected chi connectivity index (χ3v) is 7.94. The van der Waals surface area contributed by atoms with Gasteiger partial charge in [-0.25, -0.2) is 8.93 Å². The summed E-state index contributed by atoms with van der Waals surface area (Å²) < 4.78 is 15.5. The molecule has 1 fully saturated rings. The van der Waals surface area contributed by atoms with Crippen molar-refractivity contribution in [2.24, 2.45) is 17.4 Å². The number of rotatable bonds is 8. The van der Waals surface area contributed by atoms with Crippen LogP contribution in [0.1, 0.15) is 30.4 Å². The molecule has 8 nitrogen and oxygen atoms in total. The summed E-state index contributed by atoms with van der Waals surface area (Å²) in [7, 11) is -1.52. The number of amides is 1. The smallest absolute Gasteiger partial charge is 0.237 e. The van der Waals surface area contributed by atoms with Crippen molar-refractivity contribution < 1.29 is 14.1 Å². The molecule has 4 rings (SSSR count). The van der Waals surface area contributed by atoms with Gasteiger partial charge >= 0.3 is 0 Å². The Hall–Kier alpha value is -3.24. The van der Waals surface area contributed by atoms with Crippen molar-refractivity contribution in [2.75, 3.05) is 26.2 Å². The fourth-order valence-electron chi connectivity index (χ4n) is 4.36. The van der Waals surface area contributed by atoms with Crippen LogP contribution < -0.4 is 16.2 Å². The van der Waals surface area contributed by atoms with E-state index in [-0.39, 0.29) is 24.0 Å². The van der Waals surface area contributed by atoms with Gasteiger partial charge in [0.2, 0.25) is 5.91 Å². The van der Waals surface area contributed by atoms with Crippen LogP contribution in [0.25, 0.3) is 11.1 Å². The average Bonchev–Trinajstić information content (AvgIpc) is 2.92. The van der Waals surface area contributed by atoms with Crippen molar-refractivity contribution in [2.45, 2.75) is 31.1 Å². The van der Waals surface area contributed by atoms with Gasteiger partial charge < -0.3 is 21.5 Å². The van der Waals surface area contributed by atoms with Gasteiger partial charge in [0, 0.05) is 24.2 Å². The maximum Gasteiger partial charge on any atom is 0.237 e. The molecule has 1 atom stereocenters. The molecule has 3 aromatic rings. The number of nitrogens with zero attached hydrogens (tertiary/aromatic N) is 1. The highest BCUT2D eigenvalue weighted by atomic mass is 35.5. The second-order valence-electron chi connectivity index (χ2n) is 9.47. The fourth-order valence-corrected chi connectivity index (χ4v) is 5.50. The first kappa shape index (κ1) is 30.3. The molecule has 0 aromatic heterocycles. The van der Waals surface area contributed by atoms with Crippen molar-refractivity contribution in [3.63, 3.8) is 0 Å². The molecule has 1 aliphatic heterocycles. The molecular weight excluding hydrogens is 534 g/mol. The predicted molar refractivity (Wildman–Crippen MR) is 158 cm³/mol. The van der Waals surface area contributed by atoms with E-state index < -0.39 is 11.0 Å². The first-order valence-electron chi connectivity index (χ1n) is 12.8. The normalized spacial score (nSPS) is 14.3. The molecule has 0 aliphatic carbocycles. The lowest BCUT2D eigenvalue weighted by Crippen LogP contribution is -2.43. The number of hydrogen-bond donors (Lipinski definition) is 5. The topological polar surface area (TPSA) is 146 Å². The molecule has 10 heteroatoms. The maximum absolute atomic E-state index is 12.6. The number of piperidine rings is 1. The second-order valence-corrected chi connectivity index (χ2v) is 11.2. The van der Waals surface area contributed by atoms with Crippen LogP contribution in [0.2, 0.25) is 5.02 Å². The molecule has 7 N–H and O–H groups in total. The van der Waals surface area contributed by atoms with Crippen LogP contribution in [-0.2, 0) is 15.8 Å². The monoisotopic (exact) mass is 569 g/mol. The van der Waals surface area contributed by atoms with Gasteiger partial charge in [-0.15, -0.1) is 0 Å². The Kier molecular flexibility index (Phi) is 11.5. The summed E-state index contributed by atoms with van der Waals surface area (Å²) in [5.74, 6) is 0.775. The van der Waals surface area contributed by atoms with Gasteiger partial charge in [0.15, 0.2) is 0 Å². The van der Waals surface area contributed by atoms with E-state index >= 15 is 0 Å². The van der Waals surface area contributed by atoms with Gasteiger partial charge in [0.25, 0.3) is 0 Å². The van der Waals surface area contributed by atoms with Crippen molar-refractivity contribution in [1.29, 1.82) is 5.41 Å². The fraction of sp³-hybridized carbons (Fsp3) is 0.310. The van der Waals surface area contributed by atoms with E-state index in [1.807, 2.05) is 42.2 Å². The largest absolute Gasteiger partial charge is 0.508 e. The number of nitrogen functional groups attached to an aromatic ring is 1.